The molecular formula is C26H32N2O6. The van der Waals surface area contributed by atoms with E-state index >= 15 is 0 Å². The SMILES string of the molecule is CCN(CCCC(=O)O)C(=O)[C@@H](NC(=O)OCC1c2ccccc2-c2ccccc21)[C@@H](C)OC. The lowest BCUT2D eigenvalue weighted by molar-refractivity contribution is -0.139. The minimum absolute atomic E-state index is 0.0336. The first-order chi connectivity index (χ1) is 16.4. The van der Waals surface area contributed by atoms with Gasteiger partial charge in [0.1, 0.15) is 12.6 Å². The van der Waals surface area contributed by atoms with E-state index in [1.807, 2.05) is 36.4 Å². The Morgan fingerprint density at radius 1 is 1.06 bits per heavy atom. The van der Waals surface area contributed by atoms with E-state index < -0.39 is 24.2 Å². The largest absolute Gasteiger partial charge is 0.481 e. The number of amides is 2. The highest BCUT2D eigenvalue weighted by molar-refractivity contribution is 5.86. The number of carboxylic acid groups (broad SMARTS) is 1. The van der Waals surface area contributed by atoms with E-state index in [0.717, 1.165) is 22.3 Å². The first-order valence-corrected chi connectivity index (χ1v) is 11.5. The van der Waals surface area contributed by atoms with Crippen LogP contribution in [0.3, 0.4) is 0 Å². The summed E-state index contributed by atoms with van der Waals surface area (Å²) in [4.78, 5) is 38.2. The zero-order chi connectivity index (χ0) is 24.7. The molecule has 34 heavy (non-hydrogen) atoms. The number of methoxy groups -OCH3 is 1. The smallest absolute Gasteiger partial charge is 0.407 e. The number of aliphatic carboxylic acids is 1. The lowest BCUT2D eigenvalue weighted by Crippen LogP contribution is -2.54. The van der Waals surface area contributed by atoms with Gasteiger partial charge >= 0.3 is 12.1 Å². The number of hydrogen-bond donors (Lipinski definition) is 2. The molecule has 0 bridgehead atoms. The van der Waals surface area contributed by atoms with Crippen molar-refractivity contribution in [3.8, 4) is 11.1 Å². The van der Waals surface area contributed by atoms with Crippen LogP contribution >= 0.6 is 0 Å². The van der Waals surface area contributed by atoms with Gasteiger partial charge in [-0.25, -0.2) is 4.79 Å². The fraction of sp³-hybridized carbons (Fsp3) is 0.423. The van der Waals surface area contributed by atoms with Crippen molar-refractivity contribution in [1.82, 2.24) is 10.2 Å². The molecule has 0 fully saturated rings. The van der Waals surface area contributed by atoms with Crippen molar-refractivity contribution < 1.29 is 29.0 Å². The number of nitrogens with zero attached hydrogens (tertiary/aromatic N) is 1. The monoisotopic (exact) mass is 468 g/mol. The summed E-state index contributed by atoms with van der Waals surface area (Å²) in [6, 6.07) is 15.2. The van der Waals surface area contributed by atoms with Crippen LogP contribution in [-0.2, 0) is 19.1 Å². The van der Waals surface area contributed by atoms with Gasteiger partial charge in [-0.05, 0) is 42.5 Å². The fourth-order valence-electron chi connectivity index (χ4n) is 4.32. The van der Waals surface area contributed by atoms with Gasteiger partial charge in [0.2, 0.25) is 5.91 Å². The molecule has 0 unspecified atom stereocenters. The maximum absolute atomic E-state index is 13.1. The number of fused-ring (bicyclic) bond motifs is 3. The number of likely N-dealkylation sites (N-methyl/N-ethyl adjacent to an activating group) is 1. The Kier molecular flexibility index (Phi) is 8.65. The Morgan fingerprint density at radius 3 is 2.18 bits per heavy atom. The second-order valence-electron chi connectivity index (χ2n) is 8.30. The molecule has 2 aromatic rings. The number of benzene rings is 2. The lowest BCUT2D eigenvalue weighted by atomic mass is 9.98. The van der Waals surface area contributed by atoms with Gasteiger partial charge in [-0.15, -0.1) is 0 Å². The Labute approximate surface area is 199 Å². The van der Waals surface area contributed by atoms with Gasteiger partial charge in [0.15, 0.2) is 0 Å². The predicted octanol–water partition coefficient (Wildman–Crippen LogP) is 3.64. The maximum atomic E-state index is 13.1. The molecule has 2 atom stereocenters. The predicted molar refractivity (Wildman–Crippen MR) is 128 cm³/mol. The molecular weight excluding hydrogens is 436 g/mol. The minimum atomic E-state index is -0.953. The highest BCUT2D eigenvalue weighted by Gasteiger charge is 2.33. The summed E-state index contributed by atoms with van der Waals surface area (Å²) in [5, 5.41) is 11.5. The molecule has 8 heteroatoms. The zero-order valence-electron chi connectivity index (χ0n) is 19.8. The number of carbonyl (C=O) groups is 3. The molecule has 0 aromatic heterocycles. The number of rotatable bonds is 11. The molecule has 8 nitrogen and oxygen atoms in total. The molecule has 3 rings (SSSR count). The van der Waals surface area contributed by atoms with Crippen LogP contribution in [0.5, 0.6) is 0 Å². The van der Waals surface area contributed by atoms with Crippen molar-refractivity contribution in [3.63, 3.8) is 0 Å². The van der Waals surface area contributed by atoms with E-state index in [1.54, 1.807) is 13.8 Å². The third-order valence-corrected chi connectivity index (χ3v) is 6.24. The topological polar surface area (TPSA) is 105 Å². The molecule has 0 saturated heterocycles. The van der Waals surface area contributed by atoms with Crippen LogP contribution in [0.25, 0.3) is 11.1 Å². The van der Waals surface area contributed by atoms with Gasteiger partial charge in [0.25, 0.3) is 0 Å². The molecule has 0 radical (unpaired) electrons. The first kappa shape index (κ1) is 25.2. The van der Waals surface area contributed by atoms with E-state index in [0.29, 0.717) is 13.0 Å². The molecule has 2 N–H and O–H groups in total. The molecule has 2 aromatic carbocycles. The van der Waals surface area contributed by atoms with Crippen molar-refractivity contribution in [1.29, 1.82) is 0 Å². The summed E-state index contributed by atoms with van der Waals surface area (Å²) in [6.07, 6.45) is -1.01. The average Bonchev–Trinajstić information content (AvgIpc) is 3.16. The minimum Gasteiger partial charge on any atom is -0.481 e. The number of ether oxygens (including phenoxy) is 2. The quantitative estimate of drug-likeness (QED) is 0.522. The van der Waals surface area contributed by atoms with Crippen LogP contribution in [0.1, 0.15) is 43.7 Å². The molecule has 0 saturated carbocycles. The number of nitrogens with one attached hydrogen (secondary N) is 1. The van der Waals surface area contributed by atoms with Crippen molar-refractivity contribution in [2.24, 2.45) is 0 Å². The van der Waals surface area contributed by atoms with E-state index in [4.69, 9.17) is 14.6 Å². The van der Waals surface area contributed by atoms with Crippen LogP contribution in [0.15, 0.2) is 48.5 Å². The van der Waals surface area contributed by atoms with E-state index in [-0.39, 0.29) is 31.4 Å². The van der Waals surface area contributed by atoms with Crippen LogP contribution in [0, 0.1) is 0 Å². The van der Waals surface area contributed by atoms with E-state index in [1.165, 1.54) is 12.0 Å². The maximum Gasteiger partial charge on any atom is 0.407 e. The fourth-order valence-corrected chi connectivity index (χ4v) is 4.32. The second kappa shape index (κ2) is 11.7. The van der Waals surface area contributed by atoms with Gasteiger partial charge in [-0.1, -0.05) is 48.5 Å². The van der Waals surface area contributed by atoms with Crippen molar-refractivity contribution in [3.05, 3.63) is 59.7 Å². The molecule has 1 aliphatic carbocycles. The summed E-state index contributed by atoms with van der Waals surface area (Å²) < 4.78 is 10.9. The highest BCUT2D eigenvalue weighted by Crippen LogP contribution is 2.44. The van der Waals surface area contributed by atoms with E-state index in [2.05, 4.69) is 17.4 Å². The Bertz CT molecular complexity index is 978. The summed E-state index contributed by atoms with van der Waals surface area (Å²) >= 11 is 0. The van der Waals surface area contributed by atoms with Gasteiger partial charge in [0.05, 0.1) is 6.10 Å². The normalized spacial score (nSPS) is 14.0. The summed E-state index contributed by atoms with van der Waals surface area (Å²) in [5.74, 6) is -1.34. The van der Waals surface area contributed by atoms with Crippen molar-refractivity contribution >= 4 is 18.0 Å². The van der Waals surface area contributed by atoms with Crippen LogP contribution < -0.4 is 5.32 Å². The van der Waals surface area contributed by atoms with Gasteiger partial charge in [-0.3, -0.25) is 9.59 Å². The zero-order valence-corrected chi connectivity index (χ0v) is 19.8. The Balaban J connectivity index is 1.66. The molecule has 182 valence electrons. The Morgan fingerprint density at radius 2 is 1.65 bits per heavy atom. The third-order valence-electron chi connectivity index (χ3n) is 6.24. The molecule has 0 aliphatic heterocycles. The summed E-state index contributed by atoms with van der Waals surface area (Å²) in [7, 11) is 1.46. The number of hydrogen-bond acceptors (Lipinski definition) is 5. The van der Waals surface area contributed by atoms with Crippen LogP contribution in [-0.4, -0.2) is 66.9 Å². The lowest BCUT2D eigenvalue weighted by Gasteiger charge is -2.29. The van der Waals surface area contributed by atoms with Gasteiger partial charge < -0.3 is 24.8 Å². The average molecular weight is 469 g/mol. The third kappa shape index (κ3) is 5.75. The summed E-state index contributed by atoms with van der Waals surface area (Å²) in [6.45, 7) is 4.30. The molecule has 2 amide bonds. The van der Waals surface area contributed by atoms with Crippen molar-refractivity contribution in [2.45, 2.75) is 44.8 Å². The number of carbonyl (C=O) groups excluding carboxylic acids is 2. The molecule has 0 heterocycles. The van der Waals surface area contributed by atoms with E-state index in [9.17, 15) is 14.4 Å². The summed E-state index contributed by atoms with van der Waals surface area (Å²) in [5.41, 5.74) is 4.47. The second-order valence-corrected chi connectivity index (χ2v) is 8.30. The highest BCUT2D eigenvalue weighted by atomic mass is 16.5. The first-order valence-electron chi connectivity index (χ1n) is 11.5. The van der Waals surface area contributed by atoms with Crippen molar-refractivity contribution in [2.75, 3.05) is 26.8 Å². The molecule has 1 aliphatic rings. The van der Waals surface area contributed by atoms with Gasteiger partial charge in [-0.2, -0.15) is 0 Å². The Hall–Kier alpha value is -3.39. The van der Waals surface area contributed by atoms with Crippen LogP contribution in [0.4, 0.5) is 4.79 Å². The van der Waals surface area contributed by atoms with Gasteiger partial charge in [0, 0.05) is 32.5 Å². The number of carboxylic acids is 1. The number of alkyl carbamates (subject to hydrolysis) is 1. The van der Waals surface area contributed by atoms with Crippen LogP contribution in [0.2, 0.25) is 0 Å². The molecule has 0 spiro atoms. The standard InChI is InChI=1S/C26H32N2O6/c1-4-28(15-9-14-23(29)30)25(31)24(17(2)33-3)27-26(32)34-16-22-20-12-7-5-10-18(20)19-11-6-8-13-21(19)22/h5-8,10-13,17,22,24H,4,9,14-16H2,1-3H3,(H,27,32)(H,29,30)/t17-,24+/m1/s1.